The first-order chi connectivity index (χ1) is 9.25. The lowest BCUT2D eigenvalue weighted by Gasteiger charge is -2.20. The Labute approximate surface area is 110 Å². The lowest BCUT2D eigenvalue weighted by Crippen LogP contribution is -2.34. The largest absolute Gasteiger partial charge is 0.335 e. The number of H-pyrrole nitrogens is 1. The fourth-order valence-electron chi connectivity index (χ4n) is 2.32. The fraction of sp³-hybridized carbons (Fsp3) is 0.417. The molecule has 0 saturated carbocycles. The van der Waals surface area contributed by atoms with Crippen LogP contribution in [-0.2, 0) is 0 Å². The number of hydrogen-bond donors (Lipinski definition) is 1. The number of hydrogen-bond acceptors (Lipinski definition) is 5. The van der Waals surface area contributed by atoms with Crippen LogP contribution >= 0.6 is 0 Å². The zero-order valence-corrected chi connectivity index (χ0v) is 10.6. The number of carbonyl (C=O) groups excluding carboxylic acids is 1. The van der Waals surface area contributed by atoms with E-state index in [0.29, 0.717) is 17.6 Å². The second-order valence-electron chi connectivity index (χ2n) is 4.66. The molecule has 3 heterocycles. The predicted octanol–water partition coefficient (Wildman–Crippen LogP) is 0.886. The highest BCUT2D eigenvalue weighted by molar-refractivity contribution is 5.92. The van der Waals surface area contributed by atoms with E-state index in [2.05, 4.69) is 32.5 Å². The monoisotopic (exact) mass is 258 g/mol. The van der Waals surface area contributed by atoms with Crippen molar-refractivity contribution in [2.75, 3.05) is 6.54 Å². The minimum Gasteiger partial charge on any atom is -0.335 e. The van der Waals surface area contributed by atoms with Crippen molar-refractivity contribution in [3.05, 3.63) is 24.0 Å². The molecule has 7 heteroatoms. The van der Waals surface area contributed by atoms with Gasteiger partial charge in [-0.1, -0.05) is 0 Å². The van der Waals surface area contributed by atoms with E-state index >= 15 is 0 Å². The summed E-state index contributed by atoms with van der Waals surface area (Å²) in [5, 5.41) is 13.6. The third-order valence-corrected chi connectivity index (χ3v) is 3.40. The van der Waals surface area contributed by atoms with Gasteiger partial charge in [0.05, 0.1) is 0 Å². The zero-order valence-electron chi connectivity index (χ0n) is 10.6. The molecule has 3 rings (SSSR count). The van der Waals surface area contributed by atoms with Crippen molar-refractivity contribution in [1.29, 1.82) is 0 Å². The molecule has 7 nitrogen and oxygen atoms in total. The van der Waals surface area contributed by atoms with Crippen LogP contribution in [0.5, 0.6) is 0 Å². The number of aromatic nitrogens is 5. The summed E-state index contributed by atoms with van der Waals surface area (Å²) in [6, 6.07) is 3.79. The molecule has 1 saturated heterocycles. The third-order valence-electron chi connectivity index (χ3n) is 3.40. The molecule has 19 heavy (non-hydrogen) atoms. The number of pyridine rings is 1. The Bertz CT molecular complexity index is 564. The second-order valence-corrected chi connectivity index (χ2v) is 4.66. The SMILES string of the molecule is CC1CCCN1C(=O)c1ccc(-c2nn[nH]n2)cn1. The van der Waals surface area contributed by atoms with Gasteiger partial charge in [-0.05, 0) is 37.1 Å². The molecule has 0 bridgehead atoms. The maximum atomic E-state index is 12.3. The smallest absolute Gasteiger partial charge is 0.272 e. The molecule has 1 atom stereocenters. The summed E-state index contributed by atoms with van der Waals surface area (Å²) in [4.78, 5) is 18.3. The van der Waals surface area contributed by atoms with Gasteiger partial charge in [0.1, 0.15) is 5.69 Å². The van der Waals surface area contributed by atoms with Gasteiger partial charge in [0, 0.05) is 24.3 Å². The van der Waals surface area contributed by atoms with E-state index in [0.717, 1.165) is 24.9 Å². The molecule has 0 aliphatic carbocycles. The Morgan fingerprint density at radius 3 is 2.95 bits per heavy atom. The molecule has 1 N–H and O–H groups in total. The molecule has 1 aliphatic rings. The number of aromatic amines is 1. The first-order valence-corrected chi connectivity index (χ1v) is 6.26. The van der Waals surface area contributed by atoms with E-state index in [1.54, 1.807) is 18.3 Å². The predicted molar refractivity (Wildman–Crippen MR) is 67.1 cm³/mol. The summed E-state index contributed by atoms with van der Waals surface area (Å²) in [7, 11) is 0. The number of likely N-dealkylation sites (tertiary alicyclic amines) is 1. The normalized spacial score (nSPS) is 18.8. The minimum atomic E-state index is -0.00957. The summed E-state index contributed by atoms with van der Waals surface area (Å²) in [6.07, 6.45) is 3.72. The number of rotatable bonds is 2. The van der Waals surface area contributed by atoms with Gasteiger partial charge in [0.2, 0.25) is 5.82 Å². The van der Waals surface area contributed by atoms with Crippen LogP contribution < -0.4 is 0 Å². The van der Waals surface area contributed by atoms with Crippen LogP contribution in [0.15, 0.2) is 18.3 Å². The van der Waals surface area contributed by atoms with Gasteiger partial charge in [-0.15, -0.1) is 10.2 Å². The van der Waals surface area contributed by atoms with Crippen LogP contribution in [0.3, 0.4) is 0 Å². The molecule has 1 amide bonds. The maximum absolute atomic E-state index is 12.3. The fourth-order valence-corrected chi connectivity index (χ4v) is 2.32. The van der Waals surface area contributed by atoms with E-state index in [4.69, 9.17) is 0 Å². The van der Waals surface area contributed by atoms with Gasteiger partial charge < -0.3 is 4.90 Å². The van der Waals surface area contributed by atoms with Crippen molar-refractivity contribution in [2.45, 2.75) is 25.8 Å². The molecule has 2 aromatic heterocycles. The molecule has 2 aromatic rings. The quantitative estimate of drug-likeness (QED) is 0.864. The third kappa shape index (κ3) is 2.18. The summed E-state index contributed by atoms with van der Waals surface area (Å²) < 4.78 is 0. The van der Waals surface area contributed by atoms with Crippen molar-refractivity contribution >= 4 is 5.91 Å². The lowest BCUT2D eigenvalue weighted by atomic mass is 10.2. The Morgan fingerprint density at radius 1 is 1.47 bits per heavy atom. The Balaban J connectivity index is 1.81. The molecule has 0 spiro atoms. The van der Waals surface area contributed by atoms with Gasteiger partial charge in [0.25, 0.3) is 5.91 Å². The van der Waals surface area contributed by atoms with E-state index in [1.807, 2.05) is 4.90 Å². The van der Waals surface area contributed by atoms with E-state index < -0.39 is 0 Å². The highest BCUT2D eigenvalue weighted by Crippen LogP contribution is 2.19. The molecule has 1 fully saturated rings. The van der Waals surface area contributed by atoms with Crippen molar-refractivity contribution < 1.29 is 4.79 Å². The van der Waals surface area contributed by atoms with Gasteiger partial charge in [-0.25, -0.2) is 0 Å². The Morgan fingerprint density at radius 2 is 2.37 bits per heavy atom. The average Bonchev–Trinajstić information content (AvgIpc) is 3.09. The van der Waals surface area contributed by atoms with Crippen molar-refractivity contribution in [3.8, 4) is 11.4 Å². The molecule has 1 aliphatic heterocycles. The van der Waals surface area contributed by atoms with Crippen LogP contribution in [0, 0.1) is 0 Å². The summed E-state index contributed by atoms with van der Waals surface area (Å²) in [6.45, 7) is 2.88. The number of nitrogens with zero attached hydrogens (tertiary/aromatic N) is 5. The van der Waals surface area contributed by atoms with Crippen LogP contribution in [-0.4, -0.2) is 49.0 Å². The van der Waals surface area contributed by atoms with Crippen LogP contribution in [0.4, 0.5) is 0 Å². The average molecular weight is 258 g/mol. The molecular weight excluding hydrogens is 244 g/mol. The first-order valence-electron chi connectivity index (χ1n) is 6.26. The highest BCUT2D eigenvalue weighted by atomic mass is 16.2. The molecule has 1 unspecified atom stereocenters. The van der Waals surface area contributed by atoms with E-state index in [9.17, 15) is 4.79 Å². The molecular formula is C12H14N6O. The topological polar surface area (TPSA) is 87.7 Å². The van der Waals surface area contributed by atoms with Gasteiger partial charge in [-0.2, -0.15) is 5.21 Å². The number of tetrazole rings is 1. The molecule has 98 valence electrons. The van der Waals surface area contributed by atoms with Crippen molar-refractivity contribution in [1.82, 2.24) is 30.5 Å². The second kappa shape index (κ2) is 4.75. The standard InChI is InChI=1S/C12H14N6O/c1-8-3-2-6-18(8)12(19)10-5-4-9(7-13-10)11-14-16-17-15-11/h4-5,7-8H,2-3,6H2,1H3,(H,14,15,16,17). The van der Waals surface area contributed by atoms with E-state index in [-0.39, 0.29) is 5.91 Å². The highest BCUT2D eigenvalue weighted by Gasteiger charge is 2.26. The number of amides is 1. The first kappa shape index (κ1) is 11.8. The van der Waals surface area contributed by atoms with Crippen LogP contribution in [0.1, 0.15) is 30.3 Å². The summed E-state index contributed by atoms with van der Waals surface area (Å²) in [5.74, 6) is 0.464. The van der Waals surface area contributed by atoms with E-state index in [1.165, 1.54) is 0 Å². The zero-order chi connectivity index (χ0) is 13.2. The Kier molecular flexibility index (Phi) is 2.94. The number of nitrogens with one attached hydrogen (secondary N) is 1. The van der Waals surface area contributed by atoms with Crippen molar-refractivity contribution in [3.63, 3.8) is 0 Å². The Hall–Kier alpha value is -2.31. The van der Waals surface area contributed by atoms with Crippen LogP contribution in [0.2, 0.25) is 0 Å². The van der Waals surface area contributed by atoms with Gasteiger partial charge in [-0.3, -0.25) is 9.78 Å². The molecule has 0 radical (unpaired) electrons. The minimum absolute atomic E-state index is 0.00957. The van der Waals surface area contributed by atoms with Gasteiger partial charge >= 0.3 is 0 Å². The summed E-state index contributed by atoms with van der Waals surface area (Å²) in [5.41, 5.74) is 1.20. The number of carbonyl (C=O) groups is 1. The molecule has 0 aromatic carbocycles. The van der Waals surface area contributed by atoms with Crippen LogP contribution in [0.25, 0.3) is 11.4 Å². The maximum Gasteiger partial charge on any atom is 0.272 e. The summed E-state index contributed by atoms with van der Waals surface area (Å²) >= 11 is 0. The van der Waals surface area contributed by atoms with Gasteiger partial charge in [0.15, 0.2) is 0 Å². The lowest BCUT2D eigenvalue weighted by molar-refractivity contribution is 0.0741. The van der Waals surface area contributed by atoms with Crippen molar-refractivity contribution in [2.24, 2.45) is 0 Å².